The van der Waals surface area contributed by atoms with Crippen molar-refractivity contribution in [1.82, 2.24) is 5.32 Å². The van der Waals surface area contributed by atoms with E-state index in [1.807, 2.05) is 0 Å². The highest BCUT2D eigenvalue weighted by Crippen LogP contribution is 2.30. The van der Waals surface area contributed by atoms with Crippen LogP contribution >= 0.6 is 0 Å². The lowest BCUT2D eigenvalue weighted by Crippen LogP contribution is -2.45. The van der Waals surface area contributed by atoms with Gasteiger partial charge in [0.25, 0.3) is 0 Å². The van der Waals surface area contributed by atoms with Crippen molar-refractivity contribution in [3.63, 3.8) is 0 Å². The van der Waals surface area contributed by atoms with Crippen LogP contribution in [0.25, 0.3) is 0 Å². The molecule has 64 valence electrons. The third kappa shape index (κ3) is 1.57. The number of aliphatic hydroxyl groups is 1. The summed E-state index contributed by atoms with van der Waals surface area (Å²) in [6.07, 6.45) is 5.86. The van der Waals surface area contributed by atoms with Crippen molar-refractivity contribution in [2.45, 2.75) is 44.2 Å². The second-order valence-corrected chi connectivity index (χ2v) is 3.93. The summed E-state index contributed by atoms with van der Waals surface area (Å²) < 4.78 is 0. The largest absolute Gasteiger partial charge is 0.393 e. The Morgan fingerprint density at radius 1 is 1.18 bits per heavy atom. The molecule has 2 heteroatoms. The highest BCUT2D eigenvalue weighted by Gasteiger charge is 2.30. The van der Waals surface area contributed by atoms with Crippen molar-refractivity contribution in [2.24, 2.45) is 5.92 Å². The molecule has 1 aliphatic carbocycles. The number of piperidine rings is 1. The second kappa shape index (κ2) is 3.11. The minimum Gasteiger partial charge on any atom is -0.393 e. The van der Waals surface area contributed by atoms with Gasteiger partial charge in [0.1, 0.15) is 0 Å². The summed E-state index contributed by atoms with van der Waals surface area (Å²) in [5, 5.41) is 13.0. The van der Waals surface area contributed by atoms with E-state index in [9.17, 15) is 5.11 Å². The lowest BCUT2D eigenvalue weighted by atomic mass is 9.78. The smallest absolute Gasteiger partial charge is 0.0544 e. The first-order chi connectivity index (χ1) is 5.36. The lowest BCUT2D eigenvalue weighted by Gasteiger charge is -2.38. The number of nitrogens with one attached hydrogen (secondary N) is 1. The number of rotatable bonds is 0. The number of hydrogen-bond donors (Lipinski definition) is 2. The van der Waals surface area contributed by atoms with Crippen LogP contribution in [0.15, 0.2) is 0 Å². The zero-order valence-corrected chi connectivity index (χ0v) is 6.92. The Balaban J connectivity index is 1.93. The molecular formula is C9H17NO. The fraction of sp³-hybridized carbons (Fsp3) is 1.00. The molecule has 0 aromatic carbocycles. The molecule has 1 aliphatic heterocycles. The number of hydrogen-bond acceptors (Lipinski definition) is 2. The molecule has 0 bridgehead atoms. The summed E-state index contributed by atoms with van der Waals surface area (Å²) in [6, 6.07) is 0.729. The van der Waals surface area contributed by atoms with E-state index < -0.39 is 0 Å². The van der Waals surface area contributed by atoms with Gasteiger partial charge in [-0.3, -0.25) is 0 Å². The SMILES string of the molecule is OC1CC[C@@H]2NCCC[C@H]2C1. The quantitative estimate of drug-likeness (QED) is 0.544. The van der Waals surface area contributed by atoms with Crippen molar-refractivity contribution in [3.8, 4) is 0 Å². The first-order valence-electron chi connectivity index (χ1n) is 4.78. The van der Waals surface area contributed by atoms with Crippen molar-refractivity contribution >= 4 is 0 Å². The highest BCUT2D eigenvalue weighted by atomic mass is 16.3. The fourth-order valence-corrected chi connectivity index (χ4v) is 2.48. The Labute approximate surface area is 68.0 Å². The van der Waals surface area contributed by atoms with E-state index in [1.165, 1.54) is 25.8 Å². The summed E-state index contributed by atoms with van der Waals surface area (Å²) in [5.41, 5.74) is 0. The maximum Gasteiger partial charge on any atom is 0.0544 e. The molecular weight excluding hydrogens is 138 g/mol. The molecule has 1 saturated carbocycles. The summed E-state index contributed by atoms with van der Waals surface area (Å²) in [4.78, 5) is 0. The van der Waals surface area contributed by atoms with Crippen LogP contribution in [0, 0.1) is 5.92 Å². The first-order valence-corrected chi connectivity index (χ1v) is 4.78. The maximum absolute atomic E-state index is 9.42. The predicted octanol–water partition coefficient (Wildman–Crippen LogP) is 0.899. The zero-order valence-electron chi connectivity index (χ0n) is 6.92. The Bertz CT molecular complexity index is 138. The average Bonchev–Trinajstić information content (AvgIpc) is 2.04. The molecule has 0 spiro atoms. The van der Waals surface area contributed by atoms with Gasteiger partial charge in [-0.05, 0) is 44.6 Å². The second-order valence-electron chi connectivity index (χ2n) is 3.93. The van der Waals surface area contributed by atoms with Crippen LogP contribution in [0.4, 0.5) is 0 Å². The topological polar surface area (TPSA) is 32.3 Å². The van der Waals surface area contributed by atoms with E-state index >= 15 is 0 Å². The minimum atomic E-state index is -0.00356. The Morgan fingerprint density at radius 2 is 2.09 bits per heavy atom. The highest BCUT2D eigenvalue weighted by molar-refractivity contribution is 4.87. The third-order valence-corrected chi connectivity index (χ3v) is 3.11. The van der Waals surface area contributed by atoms with Gasteiger partial charge >= 0.3 is 0 Å². The Hall–Kier alpha value is -0.0800. The van der Waals surface area contributed by atoms with Gasteiger partial charge in [-0.1, -0.05) is 0 Å². The molecule has 0 radical (unpaired) electrons. The zero-order chi connectivity index (χ0) is 7.68. The van der Waals surface area contributed by atoms with Gasteiger partial charge in [0.05, 0.1) is 6.10 Å². The van der Waals surface area contributed by atoms with Crippen molar-refractivity contribution in [1.29, 1.82) is 0 Å². The van der Waals surface area contributed by atoms with Crippen LogP contribution in [-0.2, 0) is 0 Å². The number of fused-ring (bicyclic) bond motifs is 1. The summed E-state index contributed by atoms with van der Waals surface area (Å²) in [5.74, 6) is 0.771. The van der Waals surface area contributed by atoms with E-state index in [2.05, 4.69) is 5.32 Å². The van der Waals surface area contributed by atoms with E-state index in [0.717, 1.165) is 24.8 Å². The van der Waals surface area contributed by atoms with Gasteiger partial charge < -0.3 is 10.4 Å². The molecule has 0 aromatic rings. The molecule has 1 unspecified atom stereocenters. The van der Waals surface area contributed by atoms with Crippen LogP contribution in [0.1, 0.15) is 32.1 Å². The van der Waals surface area contributed by atoms with Crippen molar-refractivity contribution in [3.05, 3.63) is 0 Å². The van der Waals surface area contributed by atoms with Crippen LogP contribution in [0.2, 0.25) is 0 Å². The molecule has 2 N–H and O–H groups in total. The van der Waals surface area contributed by atoms with Gasteiger partial charge in [-0.15, -0.1) is 0 Å². The van der Waals surface area contributed by atoms with Gasteiger partial charge in [0, 0.05) is 6.04 Å². The summed E-state index contributed by atoms with van der Waals surface area (Å²) in [7, 11) is 0. The molecule has 2 aliphatic rings. The van der Waals surface area contributed by atoms with E-state index in [1.54, 1.807) is 0 Å². The lowest BCUT2D eigenvalue weighted by molar-refractivity contribution is 0.0679. The van der Waals surface area contributed by atoms with E-state index in [0.29, 0.717) is 0 Å². The van der Waals surface area contributed by atoms with E-state index in [4.69, 9.17) is 0 Å². The van der Waals surface area contributed by atoms with Crippen LogP contribution in [-0.4, -0.2) is 23.8 Å². The van der Waals surface area contributed by atoms with Gasteiger partial charge in [-0.25, -0.2) is 0 Å². The monoisotopic (exact) mass is 155 g/mol. The Kier molecular flexibility index (Phi) is 2.14. The number of aliphatic hydroxyl groups excluding tert-OH is 1. The molecule has 2 nitrogen and oxygen atoms in total. The molecule has 1 heterocycles. The molecule has 2 rings (SSSR count). The molecule has 3 atom stereocenters. The first kappa shape index (κ1) is 7.56. The Morgan fingerprint density at radius 3 is 3.00 bits per heavy atom. The molecule has 1 saturated heterocycles. The van der Waals surface area contributed by atoms with Gasteiger partial charge in [0.2, 0.25) is 0 Å². The maximum atomic E-state index is 9.42. The predicted molar refractivity (Wildman–Crippen MR) is 44.4 cm³/mol. The van der Waals surface area contributed by atoms with Gasteiger partial charge in [0.15, 0.2) is 0 Å². The van der Waals surface area contributed by atoms with Gasteiger partial charge in [-0.2, -0.15) is 0 Å². The average molecular weight is 155 g/mol. The van der Waals surface area contributed by atoms with E-state index in [-0.39, 0.29) is 6.10 Å². The van der Waals surface area contributed by atoms with Crippen LogP contribution in [0.5, 0.6) is 0 Å². The molecule has 11 heavy (non-hydrogen) atoms. The standard InChI is InChI=1S/C9H17NO/c11-8-3-4-9-7(6-8)2-1-5-10-9/h7-11H,1-6H2/t7-,8?,9-/m0/s1. The van der Waals surface area contributed by atoms with Crippen LogP contribution in [0.3, 0.4) is 0 Å². The normalized spacial score (nSPS) is 45.0. The minimum absolute atomic E-state index is 0.00356. The summed E-state index contributed by atoms with van der Waals surface area (Å²) >= 11 is 0. The molecule has 2 fully saturated rings. The van der Waals surface area contributed by atoms with Crippen molar-refractivity contribution in [2.75, 3.05) is 6.54 Å². The summed E-state index contributed by atoms with van der Waals surface area (Å²) in [6.45, 7) is 1.19. The molecule has 0 aromatic heterocycles. The van der Waals surface area contributed by atoms with Crippen LogP contribution < -0.4 is 5.32 Å². The molecule has 0 amide bonds. The third-order valence-electron chi connectivity index (χ3n) is 3.11. The van der Waals surface area contributed by atoms with Crippen molar-refractivity contribution < 1.29 is 5.11 Å². The fourth-order valence-electron chi connectivity index (χ4n) is 2.48.